The van der Waals surface area contributed by atoms with Gasteiger partial charge in [-0.3, -0.25) is 0 Å². The number of nitro groups is 2. The minimum atomic E-state index is -0.896. The third kappa shape index (κ3) is 2.26. The van der Waals surface area contributed by atoms with Crippen LogP contribution in [-0.2, 0) is 0 Å². The van der Waals surface area contributed by atoms with Crippen molar-refractivity contribution in [3.8, 4) is 0 Å². The number of hydrogen-bond donors (Lipinski definition) is 0. The van der Waals surface area contributed by atoms with E-state index in [4.69, 9.17) is 0 Å². The van der Waals surface area contributed by atoms with Crippen molar-refractivity contribution in [1.82, 2.24) is 9.97 Å². The van der Waals surface area contributed by atoms with Gasteiger partial charge in [0.15, 0.2) is 0 Å². The molecule has 1 aromatic rings. The number of rotatable bonds is 2. The van der Waals surface area contributed by atoms with E-state index < -0.39 is 21.6 Å². The zero-order chi connectivity index (χ0) is 8.43. The second kappa shape index (κ2) is 4.14. The molecule has 1 heterocycles. The Morgan fingerprint density at radius 2 is 1.92 bits per heavy atom. The molecule has 0 unspecified atom stereocenters. The molecule has 0 N–H and O–H groups in total. The molecule has 0 saturated heterocycles. The molecule has 0 radical (unpaired) electrons. The molecule has 0 bridgehead atoms. The molecule has 0 aliphatic carbocycles. The summed E-state index contributed by atoms with van der Waals surface area (Å²) in [6.45, 7) is 0. The fourth-order valence-electron chi connectivity index (χ4n) is 0.452. The second-order valence-corrected chi connectivity index (χ2v) is 1.54. The summed E-state index contributed by atoms with van der Waals surface area (Å²) in [5.74, 6) is -1.37. The van der Waals surface area contributed by atoms with Crippen molar-refractivity contribution in [2.75, 3.05) is 0 Å². The van der Waals surface area contributed by atoms with Gasteiger partial charge in [-0.25, -0.2) is 4.98 Å². The molecule has 0 aliphatic heterocycles. The zero-order valence-corrected chi connectivity index (χ0v) is 8.00. The van der Waals surface area contributed by atoms with Crippen molar-refractivity contribution in [2.24, 2.45) is 0 Å². The molecule has 58 valence electrons. The standard InChI is InChI=1S/C3HN4O4.Na/c8-6(9)2-1-4-3(5-2)7(10)11;/h1H;/q-1;+1. The monoisotopic (exact) mass is 180 g/mol. The first kappa shape index (κ1) is 11.0. The summed E-state index contributed by atoms with van der Waals surface area (Å²) in [5.41, 5.74) is 0. The van der Waals surface area contributed by atoms with Crippen molar-refractivity contribution in [3.05, 3.63) is 26.4 Å². The molecule has 0 fully saturated rings. The molecular formula is C3HN4NaO4. The summed E-state index contributed by atoms with van der Waals surface area (Å²) in [4.78, 5) is 24.2. The van der Waals surface area contributed by atoms with E-state index in [1.54, 1.807) is 0 Å². The minimum Gasteiger partial charge on any atom is -0.458 e. The molecule has 1 aromatic heterocycles. The smallest absolute Gasteiger partial charge is 0.458 e. The van der Waals surface area contributed by atoms with Gasteiger partial charge in [0.1, 0.15) is 6.20 Å². The number of aromatic nitrogens is 2. The van der Waals surface area contributed by atoms with Crippen LogP contribution in [0.3, 0.4) is 0 Å². The van der Waals surface area contributed by atoms with E-state index in [0.29, 0.717) is 0 Å². The van der Waals surface area contributed by atoms with Gasteiger partial charge in [0.25, 0.3) is 11.8 Å². The van der Waals surface area contributed by atoms with Crippen LogP contribution < -0.4 is 34.5 Å². The largest absolute Gasteiger partial charge is 1.00 e. The SMILES string of the molecule is O=[N+]([O-])c1c[n-]c([N+](=O)[O-])n1.[Na+]. The van der Waals surface area contributed by atoms with Gasteiger partial charge in [-0.15, -0.1) is 0 Å². The predicted octanol–water partition coefficient (Wildman–Crippen LogP) is -3.14. The molecule has 0 spiro atoms. The summed E-state index contributed by atoms with van der Waals surface area (Å²) in [6.07, 6.45) is 0.734. The summed E-state index contributed by atoms with van der Waals surface area (Å²) < 4.78 is 0. The summed E-state index contributed by atoms with van der Waals surface area (Å²) in [7, 11) is 0. The molecule has 0 atom stereocenters. The van der Waals surface area contributed by atoms with Crippen LogP contribution in [0.15, 0.2) is 6.20 Å². The number of nitrogens with zero attached hydrogens (tertiary/aromatic N) is 4. The maximum Gasteiger partial charge on any atom is 1.00 e. The summed E-state index contributed by atoms with van der Waals surface area (Å²) in [6, 6.07) is 0. The van der Waals surface area contributed by atoms with Crippen molar-refractivity contribution in [2.45, 2.75) is 0 Å². The third-order valence-electron chi connectivity index (χ3n) is 0.860. The van der Waals surface area contributed by atoms with Gasteiger partial charge in [0.05, 0.1) is 0 Å². The van der Waals surface area contributed by atoms with Gasteiger partial charge < -0.3 is 20.2 Å². The van der Waals surface area contributed by atoms with Crippen molar-refractivity contribution < 1.29 is 39.4 Å². The average molecular weight is 180 g/mol. The topological polar surface area (TPSA) is 113 Å². The van der Waals surface area contributed by atoms with E-state index in [0.717, 1.165) is 6.20 Å². The van der Waals surface area contributed by atoms with E-state index in [-0.39, 0.29) is 29.6 Å². The van der Waals surface area contributed by atoms with E-state index in [2.05, 4.69) is 9.97 Å². The number of imidazole rings is 1. The van der Waals surface area contributed by atoms with Gasteiger partial charge in [-0.2, -0.15) is 9.91 Å². The number of hydrogen-bond acceptors (Lipinski definition) is 5. The minimum absolute atomic E-state index is 0. The van der Waals surface area contributed by atoms with Crippen LogP contribution in [0.5, 0.6) is 0 Å². The quantitative estimate of drug-likeness (QED) is 0.270. The van der Waals surface area contributed by atoms with Crippen LogP contribution in [0, 0.1) is 20.2 Å². The van der Waals surface area contributed by atoms with Crippen LogP contribution in [-0.4, -0.2) is 14.8 Å². The Kier molecular flexibility index (Phi) is 3.80. The molecule has 0 aliphatic rings. The first-order valence-electron chi connectivity index (χ1n) is 2.40. The third-order valence-corrected chi connectivity index (χ3v) is 0.860. The van der Waals surface area contributed by atoms with E-state index in [9.17, 15) is 20.2 Å². The molecule has 8 nitrogen and oxygen atoms in total. The van der Waals surface area contributed by atoms with Crippen molar-refractivity contribution in [3.63, 3.8) is 0 Å². The Bertz CT molecular complexity index is 281. The Morgan fingerprint density at radius 3 is 2.17 bits per heavy atom. The van der Waals surface area contributed by atoms with Crippen LogP contribution in [0.4, 0.5) is 11.8 Å². The maximum atomic E-state index is 9.92. The first-order chi connectivity index (χ1) is 5.11. The molecule has 9 heteroatoms. The molecule has 0 aromatic carbocycles. The van der Waals surface area contributed by atoms with Gasteiger partial charge in [0, 0.05) is 0 Å². The Hall–Kier alpha value is -0.990. The zero-order valence-electron chi connectivity index (χ0n) is 6.00. The van der Waals surface area contributed by atoms with E-state index in [1.807, 2.05) is 0 Å². The van der Waals surface area contributed by atoms with Crippen molar-refractivity contribution >= 4 is 11.8 Å². The predicted molar refractivity (Wildman–Crippen MR) is 30.9 cm³/mol. The molecule has 12 heavy (non-hydrogen) atoms. The van der Waals surface area contributed by atoms with Crippen molar-refractivity contribution in [1.29, 1.82) is 0 Å². The Balaban J connectivity index is 0.00000121. The first-order valence-corrected chi connectivity index (χ1v) is 2.40. The average Bonchev–Trinajstić information content (AvgIpc) is 2.33. The summed E-state index contributed by atoms with van der Waals surface area (Å²) in [5, 5.41) is 19.8. The normalized spacial score (nSPS) is 8.67. The van der Waals surface area contributed by atoms with Gasteiger partial charge in [-0.05, 0) is 4.92 Å². The van der Waals surface area contributed by atoms with Gasteiger partial charge in [0.2, 0.25) is 0 Å². The van der Waals surface area contributed by atoms with Crippen LogP contribution in [0.2, 0.25) is 0 Å². The Morgan fingerprint density at radius 1 is 1.33 bits per heavy atom. The van der Waals surface area contributed by atoms with Gasteiger partial charge in [-0.1, -0.05) is 0 Å². The van der Waals surface area contributed by atoms with E-state index >= 15 is 0 Å². The summed E-state index contributed by atoms with van der Waals surface area (Å²) >= 11 is 0. The van der Waals surface area contributed by atoms with Crippen LogP contribution in [0.1, 0.15) is 0 Å². The Labute approximate surface area is 87.6 Å². The molecule has 0 saturated carbocycles. The fourth-order valence-corrected chi connectivity index (χ4v) is 0.452. The maximum absolute atomic E-state index is 9.92. The molecule has 1 rings (SSSR count). The fraction of sp³-hybridized carbons (Fsp3) is 0. The van der Waals surface area contributed by atoms with Gasteiger partial charge >= 0.3 is 29.6 Å². The van der Waals surface area contributed by atoms with Crippen LogP contribution >= 0.6 is 0 Å². The molecule has 0 amide bonds. The molecular weight excluding hydrogens is 179 g/mol. The van der Waals surface area contributed by atoms with Crippen LogP contribution in [0.25, 0.3) is 0 Å². The second-order valence-electron chi connectivity index (χ2n) is 1.54. The van der Waals surface area contributed by atoms with E-state index in [1.165, 1.54) is 0 Å².